The molecule has 0 radical (unpaired) electrons. The maximum absolute atomic E-state index is 9.25. The van der Waals surface area contributed by atoms with Crippen LogP contribution in [0.5, 0.6) is 0 Å². The van der Waals surface area contributed by atoms with Gasteiger partial charge >= 0.3 is 0 Å². The number of hydrogen-bond donors (Lipinski definition) is 1. The summed E-state index contributed by atoms with van der Waals surface area (Å²) in [6.45, 7) is 32.0. The average Bonchev–Trinajstić information content (AvgIpc) is 3.24. The Morgan fingerprint density at radius 2 is 0.714 bits per heavy atom. The smallest absolute Gasteiger partial charge is 0.192 e. The Labute approximate surface area is 396 Å². The fourth-order valence-corrected chi connectivity index (χ4v) is 8.31. The molecule has 0 spiro atoms. The zero-order chi connectivity index (χ0) is 47.1. The second-order valence-electron chi connectivity index (χ2n) is 20.8. The molecule has 0 saturated heterocycles. The predicted octanol–water partition coefficient (Wildman–Crippen LogP) is 17.5. The number of ether oxygens (including phenoxy) is 4. The van der Waals surface area contributed by atoms with Crippen LogP contribution < -0.4 is 0 Å². The Morgan fingerprint density at radius 1 is 0.444 bits per heavy atom. The third kappa shape index (κ3) is 49.2. The molecule has 0 aliphatic heterocycles. The van der Waals surface area contributed by atoms with Crippen molar-refractivity contribution in [2.45, 2.75) is 284 Å². The Kier molecular flexibility index (Phi) is 49.1. The normalized spacial score (nSPS) is 12.9. The standard InChI is InChI=1S/C31H64O3Si.C25H50O3/c1-9-10-11-12-13-14-15-16-17-18-19-20-21-22-23-24-25-32-27-30(33-26-29(2)3)28-34-35(7,8)31(4,5)6;1-4-5-6-7-8-9-10-11-12-13-14-15-16-17-18-19-20-27-23-25(21-26)28-22-24(2)3/h30H,2,9-28H2,1,3-8H3;25-26H,2,4-23H2,1,3H3/t30-;25-/m10/s1. The molecule has 0 unspecified atom stereocenters. The van der Waals surface area contributed by atoms with E-state index in [-0.39, 0.29) is 23.9 Å². The fraction of sp³-hybridized carbons (Fsp3) is 0.929. The van der Waals surface area contributed by atoms with Crippen molar-refractivity contribution in [1.82, 2.24) is 0 Å². The molecule has 0 aromatic heterocycles. The summed E-state index contributed by atoms with van der Waals surface area (Å²) in [5.41, 5.74) is 2.01. The van der Waals surface area contributed by atoms with Crippen LogP contribution in [0.25, 0.3) is 0 Å². The molecule has 0 fully saturated rings. The molecule has 0 heterocycles. The molecule has 378 valence electrons. The van der Waals surface area contributed by atoms with E-state index in [1.807, 2.05) is 13.8 Å². The van der Waals surface area contributed by atoms with E-state index in [1.54, 1.807) is 0 Å². The van der Waals surface area contributed by atoms with E-state index in [9.17, 15) is 5.11 Å². The van der Waals surface area contributed by atoms with Gasteiger partial charge in [-0.25, -0.2) is 0 Å². The van der Waals surface area contributed by atoms with Crippen molar-refractivity contribution >= 4 is 8.32 Å². The SMILES string of the molecule is C=C(C)CO[C@@H](CO)COCCCCCCCCCCCCCCCCCC.C=C(C)CO[C@H](COCCCCCCCCCCCCCCCCCC)CO[Si](C)(C)C(C)(C)C. The van der Waals surface area contributed by atoms with Gasteiger partial charge in [-0.1, -0.05) is 252 Å². The lowest BCUT2D eigenvalue weighted by atomic mass is 10.0. The first-order chi connectivity index (χ1) is 30.3. The van der Waals surface area contributed by atoms with Crippen LogP contribution in [-0.2, 0) is 23.4 Å². The first kappa shape index (κ1) is 64.5. The predicted molar refractivity (Wildman–Crippen MR) is 280 cm³/mol. The summed E-state index contributed by atoms with van der Waals surface area (Å²) in [7, 11) is -1.78. The van der Waals surface area contributed by atoms with Gasteiger partial charge in [-0.05, 0) is 44.8 Å². The summed E-state index contributed by atoms with van der Waals surface area (Å²) in [5, 5.41) is 9.46. The highest BCUT2D eigenvalue weighted by Crippen LogP contribution is 2.36. The molecule has 7 heteroatoms. The van der Waals surface area contributed by atoms with Gasteiger partial charge < -0.3 is 28.5 Å². The fourth-order valence-electron chi connectivity index (χ4n) is 7.27. The van der Waals surface area contributed by atoms with Crippen molar-refractivity contribution in [2.75, 3.05) is 52.9 Å². The van der Waals surface area contributed by atoms with Crippen LogP contribution in [0.1, 0.15) is 254 Å². The van der Waals surface area contributed by atoms with Gasteiger partial charge in [0.15, 0.2) is 8.32 Å². The Balaban J connectivity index is 0. The minimum Gasteiger partial charge on any atom is -0.414 e. The molecule has 2 atom stereocenters. The summed E-state index contributed by atoms with van der Waals surface area (Å²) in [6, 6.07) is 0. The van der Waals surface area contributed by atoms with Crippen molar-refractivity contribution in [3.05, 3.63) is 24.3 Å². The molecule has 63 heavy (non-hydrogen) atoms. The van der Waals surface area contributed by atoms with Crippen LogP contribution in [0.4, 0.5) is 0 Å². The van der Waals surface area contributed by atoms with Gasteiger partial charge in [0.05, 0.1) is 39.6 Å². The van der Waals surface area contributed by atoms with Gasteiger partial charge in [0, 0.05) is 13.2 Å². The van der Waals surface area contributed by atoms with Crippen LogP contribution in [0.2, 0.25) is 18.1 Å². The van der Waals surface area contributed by atoms with E-state index in [0.29, 0.717) is 33.0 Å². The largest absolute Gasteiger partial charge is 0.414 e. The monoisotopic (exact) mass is 911 g/mol. The van der Waals surface area contributed by atoms with Crippen molar-refractivity contribution in [2.24, 2.45) is 0 Å². The van der Waals surface area contributed by atoms with Crippen LogP contribution in [0, 0.1) is 0 Å². The van der Waals surface area contributed by atoms with Crippen molar-refractivity contribution in [3.8, 4) is 0 Å². The molecule has 0 aromatic rings. The van der Waals surface area contributed by atoms with Crippen molar-refractivity contribution in [3.63, 3.8) is 0 Å². The van der Waals surface area contributed by atoms with Gasteiger partial charge in [-0.3, -0.25) is 0 Å². The third-order valence-corrected chi connectivity index (χ3v) is 17.2. The summed E-state index contributed by atoms with van der Waals surface area (Å²) in [4.78, 5) is 0. The number of aliphatic hydroxyl groups excluding tert-OH is 1. The Morgan fingerprint density at radius 3 is 0.984 bits per heavy atom. The summed E-state index contributed by atoms with van der Waals surface area (Å²) < 4.78 is 29.5. The van der Waals surface area contributed by atoms with Crippen LogP contribution in [0.15, 0.2) is 24.3 Å². The highest BCUT2D eigenvalue weighted by molar-refractivity contribution is 6.74. The molecule has 0 rings (SSSR count). The van der Waals surface area contributed by atoms with E-state index in [0.717, 1.165) is 37.2 Å². The van der Waals surface area contributed by atoms with E-state index in [4.69, 9.17) is 23.4 Å². The minimum atomic E-state index is -1.78. The number of aliphatic hydroxyl groups is 1. The molecule has 0 amide bonds. The minimum absolute atomic E-state index is 0.00619. The lowest BCUT2D eigenvalue weighted by molar-refractivity contribution is -0.0351. The number of unbranched alkanes of at least 4 members (excludes halogenated alkanes) is 30. The molecular weight excluding hydrogens is 797 g/mol. The highest BCUT2D eigenvalue weighted by atomic mass is 28.4. The second kappa shape index (κ2) is 47.9. The van der Waals surface area contributed by atoms with Crippen LogP contribution in [0.3, 0.4) is 0 Å². The average molecular weight is 912 g/mol. The highest BCUT2D eigenvalue weighted by Gasteiger charge is 2.37. The van der Waals surface area contributed by atoms with E-state index in [2.05, 4.69) is 60.9 Å². The van der Waals surface area contributed by atoms with Crippen LogP contribution in [-0.4, -0.2) is 78.5 Å². The number of hydrogen-bond acceptors (Lipinski definition) is 6. The first-order valence-electron chi connectivity index (χ1n) is 27.2. The second-order valence-corrected chi connectivity index (χ2v) is 25.6. The van der Waals surface area contributed by atoms with Gasteiger partial charge in [0.25, 0.3) is 0 Å². The maximum Gasteiger partial charge on any atom is 0.192 e. The Hall–Kier alpha value is -0.543. The molecule has 0 saturated carbocycles. The van der Waals surface area contributed by atoms with Gasteiger partial charge in [0.1, 0.15) is 12.2 Å². The molecule has 6 nitrogen and oxygen atoms in total. The van der Waals surface area contributed by atoms with Gasteiger partial charge in [-0.2, -0.15) is 0 Å². The van der Waals surface area contributed by atoms with Gasteiger partial charge in [-0.15, -0.1) is 0 Å². The van der Waals surface area contributed by atoms with Crippen molar-refractivity contribution < 1.29 is 28.5 Å². The Bertz CT molecular complexity index is 949. The van der Waals surface area contributed by atoms with Gasteiger partial charge in [0.2, 0.25) is 0 Å². The quantitative estimate of drug-likeness (QED) is 0.0373. The summed E-state index contributed by atoms with van der Waals surface area (Å²) in [6.07, 6.45) is 44.2. The molecule has 0 aliphatic carbocycles. The summed E-state index contributed by atoms with van der Waals surface area (Å²) >= 11 is 0. The lowest BCUT2D eigenvalue weighted by Crippen LogP contribution is -2.43. The van der Waals surface area contributed by atoms with Crippen molar-refractivity contribution in [1.29, 1.82) is 0 Å². The number of rotatable bonds is 48. The molecular formula is C56H114O6Si. The van der Waals surface area contributed by atoms with E-state index in [1.165, 1.54) is 193 Å². The van der Waals surface area contributed by atoms with E-state index < -0.39 is 8.32 Å². The lowest BCUT2D eigenvalue weighted by Gasteiger charge is -2.37. The first-order valence-corrected chi connectivity index (χ1v) is 30.1. The molecule has 0 bridgehead atoms. The molecule has 1 N–H and O–H groups in total. The zero-order valence-corrected chi connectivity index (χ0v) is 45.3. The van der Waals surface area contributed by atoms with Crippen LogP contribution >= 0.6 is 0 Å². The zero-order valence-electron chi connectivity index (χ0n) is 44.3. The van der Waals surface area contributed by atoms with E-state index >= 15 is 0 Å². The molecule has 0 aromatic carbocycles. The summed E-state index contributed by atoms with van der Waals surface area (Å²) in [5.74, 6) is 0. The topological polar surface area (TPSA) is 66.4 Å². The molecule has 0 aliphatic rings. The maximum atomic E-state index is 9.25. The third-order valence-electron chi connectivity index (χ3n) is 12.7.